The van der Waals surface area contributed by atoms with Crippen molar-refractivity contribution in [3.8, 4) is 0 Å². The van der Waals surface area contributed by atoms with Crippen molar-refractivity contribution in [2.45, 2.75) is 38.0 Å². The number of halogens is 3. The van der Waals surface area contributed by atoms with E-state index < -0.39 is 18.0 Å². The van der Waals surface area contributed by atoms with Gasteiger partial charge in [-0.1, -0.05) is 12.8 Å². The molecule has 2 aliphatic rings. The summed E-state index contributed by atoms with van der Waals surface area (Å²) >= 11 is 0. The van der Waals surface area contributed by atoms with Gasteiger partial charge in [-0.05, 0) is 12.8 Å². The van der Waals surface area contributed by atoms with Crippen LogP contribution >= 0.6 is 0 Å². The number of rotatable bonds is 2. The highest BCUT2D eigenvalue weighted by atomic mass is 19.4. The number of alkyl halides is 3. The van der Waals surface area contributed by atoms with Crippen molar-refractivity contribution in [2.24, 2.45) is 17.6 Å². The molecule has 2 rings (SSSR count). The van der Waals surface area contributed by atoms with E-state index in [2.05, 4.69) is 0 Å². The summed E-state index contributed by atoms with van der Waals surface area (Å²) in [5.74, 6) is -2.81. The molecule has 1 saturated heterocycles. The molecule has 1 amide bonds. The molecule has 0 radical (unpaired) electrons. The van der Waals surface area contributed by atoms with Crippen LogP contribution < -0.4 is 5.73 Å². The molecule has 0 aromatic carbocycles. The van der Waals surface area contributed by atoms with Crippen LogP contribution in [-0.4, -0.2) is 49.3 Å². The molecule has 0 spiro atoms. The third-order valence-electron chi connectivity index (χ3n) is 4.22. The number of morpholine rings is 1. The Morgan fingerprint density at radius 3 is 2.65 bits per heavy atom. The monoisotopic (exact) mass is 294 g/mol. The Morgan fingerprint density at radius 2 is 2.00 bits per heavy atom. The summed E-state index contributed by atoms with van der Waals surface area (Å²) in [4.78, 5) is 13.9. The summed E-state index contributed by atoms with van der Waals surface area (Å²) in [6, 6.07) is 0. The van der Waals surface area contributed by atoms with Gasteiger partial charge in [0.15, 0.2) is 0 Å². The lowest BCUT2D eigenvalue weighted by Gasteiger charge is -2.38. The van der Waals surface area contributed by atoms with Crippen LogP contribution in [0.25, 0.3) is 0 Å². The van der Waals surface area contributed by atoms with E-state index in [9.17, 15) is 18.0 Å². The quantitative estimate of drug-likeness (QED) is 0.840. The Hall–Kier alpha value is -0.820. The fraction of sp³-hybridized carbons (Fsp3) is 0.923. The molecule has 1 saturated carbocycles. The average molecular weight is 294 g/mol. The van der Waals surface area contributed by atoms with Gasteiger partial charge in [-0.25, -0.2) is 0 Å². The van der Waals surface area contributed by atoms with Crippen molar-refractivity contribution >= 4 is 5.91 Å². The SMILES string of the molecule is NCC1CN(C(=O)C2CCCCC2C(F)(F)F)CCO1. The summed E-state index contributed by atoms with van der Waals surface area (Å²) < 4.78 is 44.5. The Kier molecular flexibility index (Phi) is 4.90. The molecule has 3 atom stereocenters. The summed E-state index contributed by atoms with van der Waals surface area (Å²) in [6.45, 7) is 1.28. The Labute approximate surface area is 116 Å². The highest BCUT2D eigenvalue weighted by Crippen LogP contribution is 2.42. The highest BCUT2D eigenvalue weighted by Gasteiger charge is 2.49. The van der Waals surface area contributed by atoms with Gasteiger partial charge in [0.2, 0.25) is 5.91 Å². The van der Waals surface area contributed by atoms with Crippen LogP contribution in [0.2, 0.25) is 0 Å². The van der Waals surface area contributed by atoms with Gasteiger partial charge in [0.05, 0.1) is 18.6 Å². The summed E-state index contributed by atoms with van der Waals surface area (Å²) in [6.07, 6.45) is -2.94. The zero-order chi connectivity index (χ0) is 14.8. The van der Waals surface area contributed by atoms with Gasteiger partial charge in [-0.15, -0.1) is 0 Å². The second-order valence-electron chi connectivity index (χ2n) is 5.55. The lowest BCUT2D eigenvalue weighted by atomic mass is 9.78. The topological polar surface area (TPSA) is 55.6 Å². The van der Waals surface area contributed by atoms with Gasteiger partial charge in [-0.3, -0.25) is 4.79 Å². The molecule has 3 unspecified atom stereocenters. The van der Waals surface area contributed by atoms with Crippen molar-refractivity contribution in [1.82, 2.24) is 4.90 Å². The number of nitrogens with two attached hydrogens (primary N) is 1. The molecule has 1 aliphatic carbocycles. The van der Waals surface area contributed by atoms with E-state index in [1.54, 1.807) is 0 Å². The van der Waals surface area contributed by atoms with Gasteiger partial charge in [0.1, 0.15) is 0 Å². The third kappa shape index (κ3) is 3.44. The van der Waals surface area contributed by atoms with Gasteiger partial charge < -0.3 is 15.4 Å². The van der Waals surface area contributed by atoms with Crippen molar-refractivity contribution in [1.29, 1.82) is 0 Å². The van der Waals surface area contributed by atoms with E-state index in [1.807, 2.05) is 0 Å². The van der Waals surface area contributed by atoms with Crippen LogP contribution in [0.5, 0.6) is 0 Å². The zero-order valence-corrected chi connectivity index (χ0v) is 11.4. The van der Waals surface area contributed by atoms with Crippen LogP contribution in [0.4, 0.5) is 13.2 Å². The molecule has 4 nitrogen and oxygen atoms in total. The van der Waals surface area contributed by atoms with Crippen LogP contribution in [-0.2, 0) is 9.53 Å². The molecule has 1 heterocycles. The molecule has 116 valence electrons. The van der Waals surface area contributed by atoms with Gasteiger partial charge in [0.25, 0.3) is 0 Å². The van der Waals surface area contributed by atoms with E-state index in [-0.39, 0.29) is 25.0 Å². The molecule has 1 aliphatic heterocycles. The number of amides is 1. The predicted octanol–water partition coefficient (Wildman–Crippen LogP) is 1.54. The first-order valence-corrected chi connectivity index (χ1v) is 7.10. The lowest BCUT2D eigenvalue weighted by Crippen LogP contribution is -2.52. The van der Waals surface area contributed by atoms with Gasteiger partial charge in [-0.2, -0.15) is 13.2 Å². The van der Waals surface area contributed by atoms with Crippen molar-refractivity contribution in [3.63, 3.8) is 0 Å². The van der Waals surface area contributed by atoms with Crippen LogP contribution in [0.1, 0.15) is 25.7 Å². The second kappa shape index (κ2) is 6.30. The highest BCUT2D eigenvalue weighted by molar-refractivity contribution is 5.79. The minimum absolute atomic E-state index is 0.0601. The fourth-order valence-electron chi connectivity index (χ4n) is 3.11. The molecule has 0 aromatic heterocycles. The minimum Gasteiger partial charge on any atom is -0.373 e. The van der Waals surface area contributed by atoms with Crippen molar-refractivity contribution < 1.29 is 22.7 Å². The third-order valence-corrected chi connectivity index (χ3v) is 4.22. The Balaban J connectivity index is 2.05. The molecular weight excluding hydrogens is 273 g/mol. The van der Waals surface area contributed by atoms with Crippen LogP contribution in [0.3, 0.4) is 0 Å². The number of carbonyl (C=O) groups excluding carboxylic acids is 1. The molecule has 0 bridgehead atoms. The Morgan fingerprint density at radius 1 is 1.30 bits per heavy atom. The Bertz CT molecular complexity index is 349. The number of carbonyl (C=O) groups is 1. The maximum Gasteiger partial charge on any atom is 0.392 e. The summed E-state index contributed by atoms with van der Waals surface area (Å²) in [5.41, 5.74) is 5.50. The number of hydrogen-bond acceptors (Lipinski definition) is 3. The molecule has 7 heteroatoms. The van der Waals surface area contributed by atoms with Crippen LogP contribution in [0, 0.1) is 11.8 Å². The molecule has 20 heavy (non-hydrogen) atoms. The first-order valence-electron chi connectivity index (χ1n) is 7.10. The van der Waals surface area contributed by atoms with Gasteiger partial charge >= 0.3 is 6.18 Å². The summed E-state index contributed by atoms with van der Waals surface area (Å²) in [7, 11) is 0. The van der Waals surface area contributed by atoms with E-state index in [1.165, 1.54) is 4.90 Å². The number of nitrogens with zero attached hydrogens (tertiary/aromatic N) is 1. The lowest BCUT2D eigenvalue weighted by molar-refractivity contribution is -0.202. The minimum atomic E-state index is -4.29. The molecule has 2 N–H and O–H groups in total. The maximum atomic E-state index is 13.0. The first kappa shape index (κ1) is 15.6. The number of ether oxygens (including phenoxy) is 1. The molecule has 0 aromatic rings. The number of hydrogen-bond donors (Lipinski definition) is 1. The normalized spacial score (nSPS) is 32.2. The van der Waals surface area contributed by atoms with E-state index in [0.29, 0.717) is 39.0 Å². The molecule has 2 fully saturated rings. The van der Waals surface area contributed by atoms with E-state index in [4.69, 9.17) is 10.5 Å². The summed E-state index contributed by atoms with van der Waals surface area (Å²) in [5, 5.41) is 0. The smallest absolute Gasteiger partial charge is 0.373 e. The predicted molar refractivity (Wildman–Crippen MR) is 66.9 cm³/mol. The largest absolute Gasteiger partial charge is 0.392 e. The first-order chi connectivity index (χ1) is 9.43. The van der Waals surface area contributed by atoms with Gasteiger partial charge in [0, 0.05) is 25.6 Å². The molecular formula is C13H21F3N2O2. The van der Waals surface area contributed by atoms with Crippen molar-refractivity contribution in [2.75, 3.05) is 26.2 Å². The second-order valence-corrected chi connectivity index (χ2v) is 5.55. The van der Waals surface area contributed by atoms with Crippen LogP contribution in [0.15, 0.2) is 0 Å². The fourth-order valence-corrected chi connectivity index (χ4v) is 3.11. The maximum absolute atomic E-state index is 13.0. The zero-order valence-electron chi connectivity index (χ0n) is 11.4. The van der Waals surface area contributed by atoms with E-state index >= 15 is 0 Å². The van der Waals surface area contributed by atoms with E-state index in [0.717, 1.165) is 0 Å². The van der Waals surface area contributed by atoms with Crippen molar-refractivity contribution in [3.05, 3.63) is 0 Å². The average Bonchev–Trinajstić information content (AvgIpc) is 2.45. The standard InChI is InChI=1S/C13H21F3N2O2/c14-13(15,16)11-4-2-1-3-10(11)12(19)18-5-6-20-9(7-17)8-18/h9-11H,1-8,17H2.